The summed E-state index contributed by atoms with van der Waals surface area (Å²) in [6.07, 6.45) is 1.07. The molecule has 0 aliphatic heterocycles. The Labute approximate surface area is 187 Å². The van der Waals surface area contributed by atoms with E-state index in [0.29, 0.717) is 0 Å². The highest BCUT2D eigenvalue weighted by atomic mass is 35.5. The summed E-state index contributed by atoms with van der Waals surface area (Å²) in [4.78, 5) is 24.8. The van der Waals surface area contributed by atoms with Crippen molar-refractivity contribution < 1.29 is 22.4 Å². The molecule has 0 unspecified atom stereocenters. The molecule has 0 heterocycles. The molecule has 31 heavy (non-hydrogen) atoms. The highest BCUT2D eigenvalue weighted by Gasteiger charge is 2.16. The molecule has 3 aromatic rings. The van der Waals surface area contributed by atoms with Crippen LogP contribution >= 0.6 is 23.2 Å². The Kier molecular flexibility index (Phi) is 6.64. The lowest BCUT2D eigenvalue weighted by molar-refractivity contribution is 0.101. The van der Waals surface area contributed by atoms with Crippen LogP contribution in [-0.4, -0.2) is 26.5 Å². The van der Waals surface area contributed by atoms with E-state index in [9.17, 15) is 22.4 Å². The number of amides is 2. The zero-order chi connectivity index (χ0) is 22.8. The van der Waals surface area contributed by atoms with Crippen LogP contribution in [0.3, 0.4) is 0 Å². The quantitative estimate of drug-likeness (QED) is 0.534. The molecule has 3 aromatic carbocycles. The van der Waals surface area contributed by atoms with Crippen molar-refractivity contribution in [2.45, 2.75) is 4.90 Å². The van der Waals surface area contributed by atoms with E-state index in [4.69, 9.17) is 23.2 Å². The van der Waals surface area contributed by atoms with E-state index >= 15 is 0 Å². The third kappa shape index (κ3) is 5.61. The number of carbonyl (C=O) groups is 2. The second-order valence-electron chi connectivity index (χ2n) is 6.53. The van der Waals surface area contributed by atoms with Crippen molar-refractivity contribution >= 4 is 56.2 Å². The summed E-state index contributed by atoms with van der Waals surface area (Å²) in [5.74, 6) is -1.50. The first kappa shape index (κ1) is 22.7. The Balaban J connectivity index is 1.76. The Bertz CT molecular complexity index is 1240. The van der Waals surface area contributed by atoms with Gasteiger partial charge in [0.05, 0.1) is 20.6 Å². The minimum Gasteiger partial charge on any atom is -0.322 e. The number of carbonyl (C=O) groups excluding carboxylic acids is 2. The van der Waals surface area contributed by atoms with E-state index in [1.807, 2.05) is 0 Å². The highest BCUT2D eigenvalue weighted by molar-refractivity contribution is 7.90. The van der Waals surface area contributed by atoms with Gasteiger partial charge in [-0.05, 0) is 60.7 Å². The predicted molar refractivity (Wildman–Crippen MR) is 118 cm³/mol. The van der Waals surface area contributed by atoms with Crippen LogP contribution < -0.4 is 10.6 Å². The van der Waals surface area contributed by atoms with Crippen molar-refractivity contribution in [3.8, 4) is 0 Å². The maximum absolute atomic E-state index is 13.0. The summed E-state index contributed by atoms with van der Waals surface area (Å²) >= 11 is 12.4. The first-order chi connectivity index (χ1) is 14.5. The van der Waals surface area contributed by atoms with Gasteiger partial charge >= 0.3 is 0 Å². The molecule has 0 bridgehead atoms. The Hall–Kier alpha value is -2.94. The third-order valence-electron chi connectivity index (χ3n) is 4.19. The Morgan fingerprint density at radius 1 is 0.806 bits per heavy atom. The van der Waals surface area contributed by atoms with Crippen LogP contribution in [0.4, 0.5) is 15.8 Å². The highest BCUT2D eigenvalue weighted by Crippen LogP contribution is 2.34. The van der Waals surface area contributed by atoms with E-state index in [2.05, 4.69) is 10.6 Å². The van der Waals surface area contributed by atoms with Crippen LogP contribution in [0, 0.1) is 5.82 Å². The maximum atomic E-state index is 13.0. The van der Waals surface area contributed by atoms with Crippen LogP contribution in [0.5, 0.6) is 0 Å². The monoisotopic (exact) mass is 480 g/mol. The third-order valence-corrected chi connectivity index (χ3v) is 5.91. The van der Waals surface area contributed by atoms with Crippen molar-refractivity contribution in [3.05, 3.63) is 87.7 Å². The van der Waals surface area contributed by atoms with Gasteiger partial charge in [0.1, 0.15) is 5.82 Å². The first-order valence-electron chi connectivity index (χ1n) is 8.72. The Morgan fingerprint density at radius 2 is 1.26 bits per heavy atom. The normalized spacial score (nSPS) is 11.1. The molecular formula is C21H15Cl2FN2O4S. The molecule has 0 saturated heterocycles. The molecule has 6 nitrogen and oxygen atoms in total. The van der Waals surface area contributed by atoms with Crippen LogP contribution in [-0.2, 0) is 9.84 Å². The van der Waals surface area contributed by atoms with Crippen molar-refractivity contribution in [2.75, 3.05) is 16.9 Å². The average molecular weight is 481 g/mol. The Morgan fingerprint density at radius 3 is 1.74 bits per heavy atom. The molecule has 2 amide bonds. The van der Waals surface area contributed by atoms with Crippen LogP contribution in [0.15, 0.2) is 65.6 Å². The minimum atomic E-state index is -3.38. The molecule has 10 heteroatoms. The van der Waals surface area contributed by atoms with Gasteiger partial charge in [-0.1, -0.05) is 23.2 Å². The number of sulfone groups is 1. The lowest BCUT2D eigenvalue weighted by atomic mass is 10.2. The van der Waals surface area contributed by atoms with Gasteiger partial charge in [0.25, 0.3) is 11.8 Å². The molecule has 0 radical (unpaired) electrons. The number of hydrogen-bond acceptors (Lipinski definition) is 4. The van der Waals surface area contributed by atoms with Gasteiger partial charge in [-0.15, -0.1) is 0 Å². The van der Waals surface area contributed by atoms with Crippen LogP contribution in [0.1, 0.15) is 20.7 Å². The van der Waals surface area contributed by atoms with Gasteiger partial charge in [0.2, 0.25) is 0 Å². The van der Waals surface area contributed by atoms with Gasteiger partial charge in [-0.2, -0.15) is 0 Å². The SMILES string of the molecule is CS(=O)(=O)c1ccc(C(=O)Nc2c(Cl)cc(NC(=O)c3ccc(F)cc3)cc2Cl)cc1. The second kappa shape index (κ2) is 9.05. The fourth-order valence-electron chi connectivity index (χ4n) is 2.61. The van der Waals surface area contributed by atoms with E-state index in [1.54, 1.807) is 0 Å². The average Bonchev–Trinajstić information content (AvgIpc) is 2.70. The molecule has 160 valence electrons. The number of benzene rings is 3. The molecular weight excluding hydrogens is 466 g/mol. The van der Waals surface area contributed by atoms with Gasteiger partial charge in [-0.25, -0.2) is 12.8 Å². The standard InChI is InChI=1S/C21H15Cl2FN2O4S/c1-31(29,30)16-8-4-13(5-9-16)21(28)26-19-17(22)10-15(11-18(19)23)25-20(27)12-2-6-14(24)7-3-12/h2-11H,1H3,(H,25,27)(H,26,28). The molecule has 0 saturated carbocycles. The smallest absolute Gasteiger partial charge is 0.255 e. The fourth-order valence-corrected chi connectivity index (χ4v) is 3.82. The fraction of sp³-hybridized carbons (Fsp3) is 0.0476. The van der Waals surface area contributed by atoms with E-state index in [1.165, 1.54) is 48.5 Å². The van der Waals surface area contributed by atoms with Crippen molar-refractivity contribution in [1.29, 1.82) is 0 Å². The first-order valence-corrected chi connectivity index (χ1v) is 11.4. The minimum absolute atomic E-state index is 0.0722. The lowest BCUT2D eigenvalue weighted by Gasteiger charge is -2.13. The zero-order valence-electron chi connectivity index (χ0n) is 15.9. The molecule has 0 aromatic heterocycles. The molecule has 2 N–H and O–H groups in total. The summed E-state index contributed by atoms with van der Waals surface area (Å²) in [7, 11) is -3.38. The molecule has 0 aliphatic carbocycles. The maximum Gasteiger partial charge on any atom is 0.255 e. The largest absolute Gasteiger partial charge is 0.322 e. The van der Waals surface area contributed by atoms with Gasteiger partial charge < -0.3 is 10.6 Å². The van der Waals surface area contributed by atoms with Crippen molar-refractivity contribution in [3.63, 3.8) is 0 Å². The van der Waals surface area contributed by atoms with Gasteiger partial charge in [-0.3, -0.25) is 9.59 Å². The summed E-state index contributed by atoms with van der Waals surface area (Å²) in [6.45, 7) is 0. The summed E-state index contributed by atoms with van der Waals surface area (Å²) in [5, 5.41) is 5.30. The number of hydrogen-bond donors (Lipinski definition) is 2. The van der Waals surface area contributed by atoms with E-state index in [0.717, 1.165) is 18.4 Å². The van der Waals surface area contributed by atoms with Crippen molar-refractivity contribution in [1.82, 2.24) is 0 Å². The molecule has 0 fully saturated rings. The van der Waals surface area contributed by atoms with E-state index in [-0.39, 0.29) is 37.4 Å². The van der Waals surface area contributed by atoms with Crippen LogP contribution in [0.2, 0.25) is 10.0 Å². The number of halogens is 3. The molecule has 0 atom stereocenters. The van der Waals surface area contributed by atoms with Crippen molar-refractivity contribution in [2.24, 2.45) is 0 Å². The molecule has 3 rings (SSSR count). The number of nitrogens with one attached hydrogen (secondary N) is 2. The van der Waals surface area contributed by atoms with Crippen LogP contribution in [0.25, 0.3) is 0 Å². The predicted octanol–water partition coefficient (Wildman–Crippen LogP) is 5.04. The van der Waals surface area contributed by atoms with E-state index < -0.39 is 27.5 Å². The summed E-state index contributed by atoms with van der Waals surface area (Å²) < 4.78 is 36.1. The number of rotatable bonds is 5. The zero-order valence-corrected chi connectivity index (χ0v) is 18.3. The lowest BCUT2D eigenvalue weighted by Crippen LogP contribution is -2.14. The van der Waals surface area contributed by atoms with Gasteiger partial charge in [0, 0.05) is 23.1 Å². The molecule has 0 aliphatic rings. The second-order valence-corrected chi connectivity index (χ2v) is 9.36. The van der Waals surface area contributed by atoms with Gasteiger partial charge in [0.15, 0.2) is 9.84 Å². The topological polar surface area (TPSA) is 92.3 Å². The summed E-state index contributed by atoms with van der Waals surface area (Å²) in [6, 6.07) is 13.2. The molecule has 0 spiro atoms. The summed E-state index contributed by atoms with van der Waals surface area (Å²) in [5.41, 5.74) is 0.844. The number of anilines is 2.